The van der Waals surface area contributed by atoms with Gasteiger partial charge in [-0.2, -0.15) is 13.2 Å². The van der Waals surface area contributed by atoms with E-state index in [0.29, 0.717) is 15.5 Å². The van der Waals surface area contributed by atoms with E-state index < -0.39 is 29.4 Å². The number of hydrogen-bond acceptors (Lipinski definition) is 5. The zero-order chi connectivity index (χ0) is 24.3. The summed E-state index contributed by atoms with van der Waals surface area (Å²) in [5, 5.41) is 4.92. The lowest BCUT2D eigenvalue weighted by Crippen LogP contribution is -2.18. The lowest BCUT2D eigenvalue weighted by atomic mass is 10.1. The van der Waals surface area contributed by atoms with Gasteiger partial charge in [0.05, 0.1) is 32.8 Å². The standard InChI is InChI=1S/C23H15F4N3O2S2/c24-16-7-3-1-5-14(16)21(32)28-13-9-10-18-19(11-13)34-22(30-18)33-12-20(31)29-17-8-4-2-6-15(17)23(25,26)27/h1-11H,12H2,(H,28,32)(H,29,31). The number of alkyl halides is 3. The molecule has 1 heterocycles. The van der Waals surface area contributed by atoms with E-state index in [2.05, 4.69) is 15.6 Å². The molecule has 0 aliphatic heterocycles. The van der Waals surface area contributed by atoms with Crippen molar-refractivity contribution in [1.29, 1.82) is 0 Å². The van der Waals surface area contributed by atoms with Crippen LogP contribution < -0.4 is 10.6 Å². The Morgan fingerprint density at radius 2 is 1.71 bits per heavy atom. The lowest BCUT2D eigenvalue weighted by molar-refractivity contribution is -0.137. The summed E-state index contributed by atoms with van der Waals surface area (Å²) in [6, 6.07) is 15.4. The molecule has 0 atom stereocenters. The van der Waals surface area contributed by atoms with Gasteiger partial charge in [-0.3, -0.25) is 9.59 Å². The van der Waals surface area contributed by atoms with Crippen LogP contribution >= 0.6 is 23.1 Å². The molecule has 0 saturated heterocycles. The number of carbonyl (C=O) groups is 2. The van der Waals surface area contributed by atoms with Crippen molar-refractivity contribution in [3.63, 3.8) is 0 Å². The number of rotatable bonds is 6. The highest BCUT2D eigenvalue weighted by molar-refractivity contribution is 8.01. The smallest absolute Gasteiger partial charge is 0.325 e. The molecule has 4 rings (SSSR count). The number of anilines is 2. The molecule has 0 aliphatic rings. The molecule has 0 aliphatic carbocycles. The molecule has 0 unspecified atom stereocenters. The van der Waals surface area contributed by atoms with Crippen molar-refractivity contribution in [3.05, 3.63) is 83.7 Å². The van der Waals surface area contributed by atoms with Gasteiger partial charge in [-0.1, -0.05) is 36.0 Å². The number of thioether (sulfide) groups is 1. The normalized spacial score (nSPS) is 11.4. The van der Waals surface area contributed by atoms with Crippen molar-refractivity contribution in [2.45, 2.75) is 10.5 Å². The molecule has 11 heteroatoms. The molecule has 3 aromatic carbocycles. The Morgan fingerprint density at radius 1 is 0.971 bits per heavy atom. The third-order valence-electron chi connectivity index (χ3n) is 4.58. The van der Waals surface area contributed by atoms with E-state index in [1.165, 1.54) is 47.7 Å². The first-order chi connectivity index (χ1) is 16.2. The van der Waals surface area contributed by atoms with Gasteiger partial charge in [-0.05, 0) is 42.5 Å². The molecule has 4 aromatic rings. The number of nitrogens with zero attached hydrogens (tertiary/aromatic N) is 1. The topological polar surface area (TPSA) is 71.1 Å². The summed E-state index contributed by atoms with van der Waals surface area (Å²) in [6.45, 7) is 0. The summed E-state index contributed by atoms with van der Waals surface area (Å²) < 4.78 is 54.3. The van der Waals surface area contributed by atoms with Crippen molar-refractivity contribution >= 4 is 56.5 Å². The van der Waals surface area contributed by atoms with Crippen LogP contribution in [0.5, 0.6) is 0 Å². The van der Waals surface area contributed by atoms with Gasteiger partial charge < -0.3 is 10.6 Å². The lowest BCUT2D eigenvalue weighted by Gasteiger charge is -2.13. The molecule has 2 N–H and O–H groups in total. The summed E-state index contributed by atoms with van der Waals surface area (Å²) in [5.41, 5.74) is -0.235. The van der Waals surface area contributed by atoms with Gasteiger partial charge in [0.2, 0.25) is 5.91 Å². The second kappa shape index (κ2) is 9.82. The van der Waals surface area contributed by atoms with Crippen molar-refractivity contribution in [1.82, 2.24) is 4.98 Å². The SMILES string of the molecule is O=C(CSc1nc2ccc(NC(=O)c3ccccc3F)cc2s1)Nc1ccccc1C(F)(F)F. The molecule has 0 bridgehead atoms. The molecular weight excluding hydrogens is 490 g/mol. The summed E-state index contributed by atoms with van der Waals surface area (Å²) in [7, 11) is 0. The first kappa shape index (κ1) is 23.7. The minimum absolute atomic E-state index is 0.0822. The largest absolute Gasteiger partial charge is 0.418 e. The Hall–Kier alpha value is -3.44. The first-order valence-electron chi connectivity index (χ1n) is 9.76. The van der Waals surface area contributed by atoms with Gasteiger partial charge in [0.1, 0.15) is 5.82 Å². The van der Waals surface area contributed by atoms with Gasteiger partial charge in [0, 0.05) is 5.69 Å². The maximum atomic E-state index is 13.8. The fourth-order valence-corrected chi connectivity index (χ4v) is 4.95. The molecule has 0 fully saturated rings. The zero-order valence-electron chi connectivity index (χ0n) is 17.2. The van der Waals surface area contributed by atoms with Crippen LogP contribution in [0.1, 0.15) is 15.9 Å². The summed E-state index contributed by atoms with van der Waals surface area (Å²) in [4.78, 5) is 28.9. The number of thiazole rings is 1. The molecule has 34 heavy (non-hydrogen) atoms. The van der Waals surface area contributed by atoms with E-state index in [0.717, 1.165) is 22.5 Å². The molecule has 0 spiro atoms. The van der Waals surface area contributed by atoms with E-state index in [1.54, 1.807) is 24.3 Å². The average molecular weight is 506 g/mol. The van der Waals surface area contributed by atoms with Crippen molar-refractivity contribution < 1.29 is 27.2 Å². The summed E-state index contributed by atoms with van der Waals surface area (Å²) in [5.74, 6) is -1.96. The molecule has 2 amide bonds. The third-order valence-corrected chi connectivity index (χ3v) is 6.74. The highest BCUT2D eigenvalue weighted by atomic mass is 32.2. The number of carbonyl (C=O) groups excluding carboxylic acids is 2. The summed E-state index contributed by atoms with van der Waals surface area (Å²) >= 11 is 2.34. The Morgan fingerprint density at radius 3 is 2.47 bits per heavy atom. The number of amides is 2. The summed E-state index contributed by atoms with van der Waals surface area (Å²) in [6.07, 6.45) is -4.58. The van der Waals surface area contributed by atoms with E-state index in [9.17, 15) is 27.2 Å². The van der Waals surface area contributed by atoms with Crippen LogP contribution in [0.15, 0.2) is 71.1 Å². The van der Waals surface area contributed by atoms with Crippen molar-refractivity contribution in [2.75, 3.05) is 16.4 Å². The van der Waals surface area contributed by atoms with E-state index in [-0.39, 0.29) is 17.0 Å². The van der Waals surface area contributed by atoms with Crippen LogP contribution in [-0.4, -0.2) is 22.6 Å². The molecule has 0 saturated carbocycles. The maximum absolute atomic E-state index is 13.8. The van der Waals surface area contributed by atoms with Gasteiger partial charge >= 0.3 is 6.18 Å². The highest BCUT2D eigenvalue weighted by Gasteiger charge is 2.33. The van der Waals surface area contributed by atoms with Crippen LogP contribution in [0.3, 0.4) is 0 Å². The predicted octanol–water partition coefficient (Wildman–Crippen LogP) is 6.44. The predicted molar refractivity (Wildman–Crippen MR) is 125 cm³/mol. The van der Waals surface area contributed by atoms with E-state index in [1.807, 2.05) is 0 Å². The molecule has 174 valence electrons. The Bertz CT molecular complexity index is 1370. The van der Waals surface area contributed by atoms with Crippen LogP contribution in [0.2, 0.25) is 0 Å². The van der Waals surface area contributed by atoms with Gasteiger partial charge in [-0.25, -0.2) is 9.37 Å². The quantitative estimate of drug-likeness (QED) is 0.234. The van der Waals surface area contributed by atoms with Crippen LogP contribution in [-0.2, 0) is 11.0 Å². The Kier molecular flexibility index (Phi) is 6.85. The molecule has 0 radical (unpaired) electrons. The monoisotopic (exact) mass is 505 g/mol. The zero-order valence-corrected chi connectivity index (χ0v) is 18.8. The maximum Gasteiger partial charge on any atom is 0.418 e. The average Bonchev–Trinajstić information content (AvgIpc) is 3.20. The van der Waals surface area contributed by atoms with Gasteiger partial charge in [-0.15, -0.1) is 11.3 Å². The second-order valence-electron chi connectivity index (χ2n) is 6.98. The number of halogens is 4. The Labute approximate surface area is 199 Å². The Balaban J connectivity index is 1.41. The van der Waals surface area contributed by atoms with E-state index >= 15 is 0 Å². The minimum Gasteiger partial charge on any atom is -0.325 e. The molecular formula is C23H15F4N3O2S2. The third kappa shape index (κ3) is 5.54. The second-order valence-corrected chi connectivity index (χ2v) is 9.23. The van der Waals surface area contributed by atoms with Gasteiger partial charge in [0.25, 0.3) is 5.91 Å². The minimum atomic E-state index is -4.58. The number of aromatic nitrogens is 1. The molecule has 1 aromatic heterocycles. The number of fused-ring (bicyclic) bond motifs is 1. The number of hydrogen-bond donors (Lipinski definition) is 2. The molecule has 5 nitrogen and oxygen atoms in total. The number of benzene rings is 3. The fraction of sp³-hybridized carbons (Fsp3) is 0.0870. The van der Waals surface area contributed by atoms with Crippen LogP contribution in [0, 0.1) is 5.82 Å². The fourth-order valence-electron chi connectivity index (χ4n) is 3.04. The number of para-hydroxylation sites is 1. The first-order valence-corrected chi connectivity index (χ1v) is 11.6. The van der Waals surface area contributed by atoms with Crippen molar-refractivity contribution in [2.24, 2.45) is 0 Å². The van der Waals surface area contributed by atoms with Crippen LogP contribution in [0.25, 0.3) is 10.2 Å². The highest BCUT2D eigenvalue weighted by Crippen LogP contribution is 2.35. The van der Waals surface area contributed by atoms with E-state index in [4.69, 9.17) is 0 Å². The van der Waals surface area contributed by atoms with Gasteiger partial charge in [0.15, 0.2) is 4.34 Å². The van der Waals surface area contributed by atoms with Crippen molar-refractivity contribution in [3.8, 4) is 0 Å². The number of nitrogens with one attached hydrogen (secondary N) is 2. The van der Waals surface area contributed by atoms with Crippen LogP contribution in [0.4, 0.5) is 28.9 Å².